The number of nitriles is 1. The van der Waals surface area contributed by atoms with Gasteiger partial charge < -0.3 is 4.74 Å². The first kappa shape index (κ1) is 29.2. The number of rotatable bonds is 13. The van der Waals surface area contributed by atoms with Gasteiger partial charge in [-0.1, -0.05) is 77.6 Å². The maximum atomic E-state index is 12.9. The fourth-order valence-corrected chi connectivity index (χ4v) is 6.75. The number of ether oxygens (including phenoxy) is 1. The number of esters is 1. The van der Waals surface area contributed by atoms with Crippen LogP contribution in [0.2, 0.25) is 0 Å². The second-order valence-corrected chi connectivity index (χ2v) is 12.0. The highest BCUT2D eigenvalue weighted by atomic mass is 16.5. The van der Waals surface area contributed by atoms with Crippen molar-refractivity contribution in [1.29, 1.82) is 5.26 Å². The van der Waals surface area contributed by atoms with Crippen LogP contribution in [0, 0.1) is 35.0 Å². The zero-order chi connectivity index (χ0) is 27.3. The number of carbonyl (C=O) groups is 1. The number of hydrogen-bond donors (Lipinski definition) is 0. The van der Waals surface area contributed by atoms with E-state index in [-0.39, 0.29) is 11.9 Å². The largest absolute Gasteiger partial charge is 0.426 e. The number of hydrogen-bond acceptors (Lipinski definition) is 5. The van der Waals surface area contributed by atoms with Gasteiger partial charge in [0.2, 0.25) is 0 Å². The summed E-state index contributed by atoms with van der Waals surface area (Å²) in [5.74, 6) is 3.66. The smallest absolute Gasteiger partial charge is 0.314 e. The average Bonchev–Trinajstić information content (AvgIpc) is 2.99. The average molecular weight is 530 g/mol. The van der Waals surface area contributed by atoms with Crippen molar-refractivity contribution in [3.8, 4) is 23.2 Å². The molecule has 0 spiro atoms. The van der Waals surface area contributed by atoms with E-state index >= 15 is 0 Å². The van der Waals surface area contributed by atoms with Crippen molar-refractivity contribution >= 4 is 5.97 Å². The van der Waals surface area contributed by atoms with Crippen LogP contribution < -0.4 is 4.74 Å². The molecule has 2 aliphatic rings. The van der Waals surface area contributed by atoms with Gasteiger partial charge in [-0.15, -0.1) is 0 Å². The third kappa shape index (κ3) is 9.16. The Morgan fingerprint density at radius 1 is 0.821 bits per heavy atom. The predicted molar refractivity (Wildman–Crippen MR) is 156 cm³/mol. The minimum atomic E-state index is -0.0927. The third-order valence-electron chi connectivity index (χ3n) is 9.24. The van der Waals surface area contributed by atoms with Crippen LogP contribution in [0.3, 0.4) is 0 Å². The van der Waals surface area contributed by atoms with Gasteiger partial charge in [0, 0.05) is 18.0 Å². The molecule has 2 aromatic rings. The molecule has 0 amide bonds. The van der Waals surface area contributed by atoms with E-state index in [0.717, 1.165) is 36.2 Å². The van der Waals surface area contributed by atoms with E-state index in [0.29, 0.717) is 17.1 Å². The van der Waals surface area contributed by atoms with Crippen LogP contribution in [-0.4, -0.2) is 15.9 Å². The van der Waals surface area contributed by atoms with Gasteiger partial charge in [-0.05, 0) is 80.5 Å². The summed E-state index contributed by atoms with van der Waals surface area (Å²) in [5.41, 5.74) is 1.26. The molecular formula is C34H47N3O2. The van der Waals surface area contributed by atoms with Crippen LogP contribution in [0.15, 0.2) is 36.7 Å². The molecule has 210 valence electrons. The zero-order valence-corrected chi connectivity index (χ0v) is 24.0. The molecule has 1 heterocycles. The molecule has 0 bridgehead atoms. The van der Waals surface area contributed by atoms with Gasteiger partial charge in [0.1, 0.15) is 11.8 Å². The van der Waals surface area contributed by atoms with Crippen LogP contribution in [0.25, 0.3) is 11.4 Å². The summed E-state index contributed by atoms with van der Waals surface area (Å²) < 4.78 is 5.73. The second-order valence-electron chi connectivity index (χ2n) is 12.0. The highest BCUT2D eigenvalue weighted by molar-refractivity contribution is 5.75. The summed E-state index contributed by atoms with van der Waals surface area (Å²) in [4.78, 5) is 21.3. The second kappa shape index (κ2) is 15.8. The highest BCUT2D eigenvalue weighted by Gasteiger charge is 2.33. The van der Waals surface area contributed by atoms with E-state index < -0.39 is 0 Å². The standard InChI is InChI=1S/C34H47N3O2/c1-2-3-4-5-6-7-8-9-10-26-11-13-28(14-12-26)29-15-17-31(18-16-29)34(38)39-32-21-19-30(20-22-32)33-36-24-27(23-35)25-37-33/h19-22,24-26,28-29,31H,2-18H2,1H3. The monoisotopic (exact) mass is 529 g/mol. The van der Waals surface area contributed by atoms with Gasteiger partial charge >= 0.3 is 5.97 Å². The van der Waals surface area contributed by atoms with E-state index in [1.165, 1.54) is 109 Å². The summed E-state index contributed by atoms with van der Waals surface area (Å²) in [6, 6.07) is 9.33. The van der Waals surface area contributed by atoms with Crippen LogP contribution in [0.1, 0.15) is 122 Å². The van der Waals surface area contributed by atoms with Crippen LogP contribution in [0.4, 0.5) is 0 Å². The lowest BCUT2D eigenvalue weighted by molar-refractivity contribution is -0.140. The van der Waals surface area contributed by atoms with Crippen molar-refractivity contribution in [3.63, 3.8) is 0 Å². The zero-order valence-electron chi connectivity index (χ0n) is 24.0. The number of unbranched alkanes of at least 4 members (excludes halogenated alkanes) is 7. The molecule has 0 atom stereocenters. The molecule has 0 unspecified atom stereocenters. The Morgan fingerprint density at radius 2 is 1.38 bits per heavy atom. The third-order valence-corrected chi connectivity index (χ3v) is 9.24. The van der Waals surface area contributed by atoms with Gasteiger partial charge in [-0.3, -0.25) is 4.79 Å². The Hall–Kier alpha value is -2.74. The van der Waals surface area contributed by atoms with Gasteiger partial charge in [-0.25, -0.2) is 9.97 Å². The number of benzene rings is 1. The van der Waals surface area contributed by atoms with E-state index in [9.17, 15) is 4.79 Å². The Kier molecular flexibility index (Phi) is 11.8. The van der Waals surface area contributed by atoms with Crippen molar-refractivity contribution in [3.05, 3.63) is 42.2 Å². The summed E-state index contributed by atoms with van der Waals surface area (Å²) >= 11 is 0. The molecular weight excluding hydrogens is 482 g/mol. The van der Waals surface area contributed by atoms with Crippen molar-refractivity contribution in [1.82, 2.24) is 9.97 Å². The summed E-state index contributed by atoms with van der Waals surface area (Å²) in [6.45, 7) is 2.29. The first-order valence-electron chi connectivity index (χ1n) is 15.7. The lowest BCUT2D eigenvalue weighted by Crippen LogP contribution is -2.30. The van der Waals surface area contributed by atoms with E-state index in [1.807, 2.05) is 18.2 Å². The minimum Gasteiger partial charge on any atom is -0.426 e. The fourth-order valence-electron chi connectivity index (χ4n) is 6.75. The van der Waals surface area contributed by atoms with Crippen molar-refractivity contribution in [2.45, 2.75) is 116 Å². The lowest BCUT2D eigenvalue weighted by Gasteiger charge is -2.37. The highest BCUT2D eigenvalue weighted by Crippen LogP contribution is 2.42. The molecule has 2 saturated carbocycles. The Balaban J connectivity index is 1.11. The van der Waals surface area contributed by atoms with E-state index in [4.69, 9.17) is 10.00 Å². The molecule has 0 saturated heterocycles. The van der Waals surface area contributed by atoms with E-state index in [1.54, 1.807) is 12.1 Å². The molecule has 5 heteroatoms. The molecule has 39 heavy (non-hydrogen) atoms. The Morgan fingerprint density at radius 3 is 1.97 bits per heavy atom. The van der Waals surface area contributed by atoms with Crippen LogP contribution >= 0.6 is 0 Å². The maximum Gasteiger partial charge on any atom is 0.314 e. The molecule has 2 aliphatic carbocycles. The number of carbonyl (C=O) groups excluding carboxylic acids is 1. The molecule has 1 aromatic carbocycles. The molecule has 0 N–H and O–H groups in total. The summed E-state index contributed by atoms with van der Waals surface area (Å²) in [5, 5.41) is 8.90. The minimum absolute atomic E-state index is 0.0149. The Bertz CT molecular complexity index is 1030. The quantitative estimate of drug-likeness (QED) is 0.147. The normalized spacial score (nSPS) is 23.2. The molecule has 5 nitrogen and oxygen atoms in total. The first-order valence-corrected chi connectivity index (χ1v) is 15.7. The van der Waals surface area contributed by atoms with Gasteiger partial charge in [0.15, 0.2) is 5.82 Å². The van der Waals surface area contributed by atoms with Gasteiger partial charge in [0.05, 0.1) is 11.5 Å². The van der Waals surface area contributed by atoms with Crippen molar-refractivity contribution in [2.24, 2.45) is 23.7 Å². The molecule has 0 radical (unpaired) electrons. The van der Waals surface area contributed by atoms with Crippen LogP contribution in [-0.2, 0) is 4.79 Å². The molecule has 1 aromatic heterocycles. The summed E-state index contributed by atoms with van der Waals surface area (Å²) in [6.07, 6.45) is 25.7. The van der Waals surface area contributed by atoms with Crippen molar-refractivity contribution in [2.75, 3.05) is 0 Å². The van der Waals surface area contributed by atoms with Gasteiger partial charge in [-0.2, -0.15) is 5.26 Å². The SMILES string of the molecule is CCCCCCCCCCC1CCC(C2CCC(C(=O)Oc3ccc(-c4ncc(C#N)cn4)cc3)CC2)CC1. The number of aromatic nitrogens is 2. The molecule has 0 aliphatic heterocycles. The topological polar surface area (TPSA) is 75.9 Å². The Labute approximate surface area is 235 Å². The van der Waals surface area contributed by atoms with E-state index in [2.05, 4.69) is 16.9 Å². The lowest BCUT2D eigenvalue weighted by atomic mass is 9.68. The van der Waals surface area contributed by atoms with Crippen LogP contribution in [0.5, 0.6) is 5.75 Å². The van der Waals surface area contributed by atoms with Gasteiger partial charge in [0.25, 0.3) is 0 Å². The predicted octanol–water partition coefficient (Wildman–Crippen LogP) is 9.06. The molecule has 4 rings (SSSR count). The summed E-state index contributed by atoms with van der Waals surface area (Å²) in [7, 11) is 0. The number of nitrogens with zero attached hydrogens (tertiary/aromatic N) is 3. The molecule has 2 fully saturated rings. The fraction of sp³-hybridized carbons (Fsp3) is 0.647. The first-order chi connectivity index (χ1) is 19.2. The maximum absolute atomic E-state index is 12.9. The van der Waals surface area contributed by atoms with Crippen molar-refractivity contribution < 1.29 is 9.53 Å².